The van der Waals surface area contributed by atoms with Gasteiger partial charge in [-0.25, -0.2) is 0 Å². The predicted octanol–water partition coefficient (Wildman–Crippen LogP) is 3.26. The van der Waals surface area contributed by atoms with E-state index in [1.54, 1.807) is 0 Å². The molecule has 1 aliphatic rings. The van der Waals surface area contributed by atoms with Crippen molar-refractivity contribution in [2.24, 2.45) is 0 Å². The number of hydrogen-bond donors (Lipinski definition) is 2. The van der Waals surface area contributed by atoms with E-state index in [0.29, 0.717) is 16.1 Å². The molecule has 1 aromatic rings. The predicted molar refractivity (Wildman–Crippen MR) is 76.4 cm³/mol. The van der Waals surface area contributed by atoms with Crippen molar-refractivity contribution >= 4 is 35.6 Å². The Balaban J connectivity index is 0.00000144. The number of rotatable bonds is 3. The summed E-state index contributed by atoms with van der Waals surface area (Å²) in [5.74, 6) is 0. The van der Waals surface area contributed by atoms with E-state index in [2.05, 4.69) is 10.6 Å². The van der Waals surface area contributed by atoms with Crippen LogP contribution < -0.4 is 10.6 Å². The van der Waals surface area contributed by atoms with Gasteiger partial charge in [0.05, 0.1) is 10.0 Å². The van der Waals surface area contributed by atoms with Crippen LogP contribution in [0.15, 0.2) is 18.2 Å². The van der Waals surface area contributed by atoms with Gasteiger partial charge in [-0.05, 0) is 37.1 Å². The lowest BCUT2D eigenvalue weighted by Gasteiger charge is -2.24. The van der Waals surface area contributed by atoms with Gasteiger partial charge in [-0.3, -0.25) is 0 Å². The Bertz CT molecular complexity index is 352. The van der Waals surface area contributed by atoms with Crippen molar-refractivity contribution in [3.8, 4) is 0 Å². The zero-order valence-electron chi connectivity index (χ0n) is 9.51. The van der Waals surface area contributed by atoms with Gasteiger partial charge in [0.25, 0.3) is 0 Å². The van der Waals surface area contributed by atoms with Gasteiger partial charge in [0, 0.05) is 19.1 Å². The van der Waals surface area contributed by atoms with Gasteiger partial charge >= 0.3 is 0 Å². The van der Waals surface area contributed by atoms with E-state index in [-0.39, 0.29) is 12.4 Å². The van der Waals surface area contributed by atoms with Gasteiger partial charge in [0.2, 0.25) is 0 Å². The first-order valence-corrected chi connectivity index (χ1v) is 6.39. The molecule has 2 rings (SSSR count). The third-order valence-electron chi connectivity index (χ3n) is 2.88. The van der Waals surface area contributed by atoms with Crippen LogP contribution in [0, 0.1) is 0 Å². The van der Waals surface area contributed by atoms with Crippen molar-refractivity contribution in [1.29, 1.82) is 0 Å². The summed E-state index contributed by atoms with van der Waals surface area (Å²) in [6.45, 7) is 3.05. The minimum atomic E-state index is 0. The fourth-order valence-corrected chi connectivity index (χ4v) is 2.26. The molecule has 2 N–H and O–H groups in total. The molecule has 0 radical (unpaired) electrons. The van der Waals surface area contributed by atoms with Crippen LogP contribution in [0.1, 0.15) is 18.4 Å². The molecule has 17 heavy (non-hydrogen) atoms. The molecule has 1 fully saturated rings. The topological polar surface area (TPSA) is 24.1 Å². The minimum Gasteiger partial charge on any atom is -0.315 e. The molecule has 1 aliphatic heterocycles. The first kappa shape index (κ1) is 15.1. The van der Waals surface area contributed by atoms with Gasteiger partial charge in [-0.15, -0.1) is 12.4 Å². The quantitative estimate of drug-likeness (QED) is 0.894. The molecule has 0 aliphatic carbocycles. The number of benzene rings is 1. The summed E-state index contributed by atoms with van der Waals surface area (Å²) in [6.07, 6.45) is 2.49. The average Bonchev–Trinajstić information content (AvgIpc) is 2.32. The highest BCUT2D eigenvalue weighted by molar-refractivity contribution is 6.42. The summed E-state index contributed by atoms with van der Waals surface area (Å²) < 4.78 is 0. The summed E-state index contributed by atoms with van der Waals surface area (Å²) in [7, 11) is 0. The SMILES string of the molecule is Cl.Clc1ccc(CNC2CCCNC2)cc1Cl. The van der Waals surface area contributed by atoms with Crippen LogP contribution in [-0.4, -0.2) is 19.1 Å². The van der Waals surface area contributed by atoms with Crippen LogP contribution in [0.5, 0.6) is 0 Å². The first-order valence-electron chi connectivity index (χ1n) is 5.64. The minimum absolute atomic E-state index is 0. The van der Waals surface area contributed by atoms with Crippen molar-refractivity contribution in [2.45, 2.75) is 25.4 Å². The van der Waals surface area contributed by atoms with Gasteiger partial charge in [0.1, 0.15) is 0 Å². The lowest BCUT2D eigenvalue weighted by molar-refractivity contribution is 0.389. The van der Waals surface area contributed by atoms with Crippen LogP contribution in [-0.2, 0) is 6.54 Å². The van der Waals surface area contributed by atoms with E-state index in [4.69, 9.17) is 23.2 Å². The number of piperidine rings is 1. The summed E-state index contributed by atoms with van der Waals surface area (Å²) >= 11 is 11.8. The van der Waals surface area contributed by atoms with Crippen LogP contribution in [0.3, 0.4) is 0 Å². The molecule has 1 unspecified atom stereocenters. The van der Waals surface area contributed by atoms with Crippen LogP contribution >= 0.6 is 35.6 Å². The van der Waals surface area contributed by atoms with E-state index < -0.39 is 0 Å². The monoisotopic (exact) mass is 294 g/mol. The van der Waals surface area contributed by atoms with E-state index >= 15 is 0 Å². The maximum absolute atomic E-state index is 5.96. The fourth-order valence-electron chi connectivity index (χ4n) is 1.94. The second-order valence-corrected chi connectivity index (χ2v) is 4.99. The van der Waals surface area contributed by atoms with Crippen LogP contribution in [0.25, 0.3) is 0 Å². The van der Waals surface area contributed by atoms with Crippen LogP contribution in [0.4, 0.5) is 0 Å². The summed E-state index contributed by atoms with van der Waals surface area (Å²) in [4.78, 5) is 0. The molecular weight excluding hydrogens is 279 g/mol. The molecular formula is C12H17Cl3N2. The molecule has 1 atom stereocenters. The van der Waals surface area contributed by atoms with Gasteiger partial charge in [-0.2, -0.15) is 0 Å². The molecule has 5 heteroatoms. The van der Waals surface area contributed by atoms with Crippen molar-refractivity contribution in [3.05, 3.63) is 33.8 Å². The molecule has 0 saturated carbocycles. The normalized spacial score (nSPS) is 19.8. The number of hydrogen-bond acceptors (Lipinski definition) is 2. The third-order valence-corrected chi connectivity index (χ3v) is 3.61. The molecule has 0 amide bonds. The zero-order chi connectivity index (χ0) is 11.4. The zero-order valence-corrected chi connectivity index (χ0v) is 11.8. The number of halogens is 3. The Labute approximate surface area is 118 Å². The molecule has 0 spiro atoms. The molecule has 1 heterocycles. The Morgan fingerprint density at radius 1 is 1.29 bits per heavy atom. The van der Waals surface area contributed by atoms with Crippen molar-refractivity contribution < 1.29 is 0 Å². The highest BCUT2D eigenvalue weighted by atomic mass is 35.5. The molecule has 1 aromatic carbocycles. The second kappa shape index (κ2) is 7.45. The average molecular weight is 296 g/mol. The maximum atomic E-state index is 5.96. The van der Waals surface area contributed by atoms with E-state index in [9.17, 15) is 0 Å². The second-order valence-electron chi connectivity index (χ2n) is 4.17. The standard InChI is InChI=1S/C12H16Cl2N2.ClH/c13-11-4-3-9(6-12(11)14)7-16-10-2-1-5-15-8-10;/h3-4,6,10,15-16H,1-2,5,7-8H2;1H. The third kappa shape index (κ3) is 4.65. The van der Waals surface area contributed by atoms with Gasteiger partial charge in [0.15, 0.2) is 0 Å². The van der Waals surface area contributed by atoms with Crippen molar-refractivity contribution in [3.63, 3.8) is 0 Å². The molecule has 0 aromatic heterocycles. The maximum Gasteiger partial charge on any atom is 0.0595 e. The highest BCUT2D eigenvalue weighted by Gasteiger charge is 2.11. The van der Waals surface area contributed by atoms with E-state index in [1.165, 1.54) is 18.4 Å². The van der Waals surface area contributed by atoms with Crippen molar-refractivity contribution in [1.82, 2.24) is 10.6 Å². The molecule has 2 nitrogen and oxygen atoms in total. The lowest BCUT2D eigenvalue weighted by Crippen LogP contribution is -2.42. The molecule has 1 saturated heterocycles. The molecule has 96 valence electrons. The van der Waals surface area contributed by atoms with E-state index in [0.717, 1.165) is 19.6 Å². The fraction of sp³-hybridized carbons (Fsp3) is 0.500. The van der Waals surface area contributed by atoms with Crippen molar-refractivity contribution in [2.75, 3.05) is 13.1 Å². The van der Waals surface area contributed by atoms with Gasteiger partial charge < -0.3 is 10.6 Å². The summed E-state index contributed by atoms with van der Waals surface area (Å²) in [5, 5.41) is 8.15. The van der Waals surface area contributed by atoms with E-state index in [1.807, 2.05) is 18.2 Å². The smallest absolute Gasteiger partial charge is 0.0595 e. The summed E-state index contributed by atoms with van der Waals surface area (Å²) in [5.41, 5.74) is 1.18. The number of nitrogens with one attached hydrogen (secondary N) is 2. The molecule has 0 bridgehead atoms. The Hall–Kier alpha value is 0.01000. The van der Waals surface area contributed by atoms with Gasteiger partial charge in [-0.1, -0.05) is 29.3 Å². The lowest BCUT2D eigenvalue weighted by atomic mass is 10.1. The Morgan fingerprint density at radius 3 is 2.76 bits per heavy atom. The Morgan fingerprint density at radius 2 is 2.12 bits per heavy atom. The first-order chi connectivity index (χ1) is 7.75. The Kier molecular flexibility index (Phi) is 6.60. The summed E-state index contributed by atoms with van der Waals surface area (Å²) in [6, 6.07) is 6.35. The largest absolute Gasteiger partial charge is 0.315 e. The highest BCUT2D eigenvalue weighted by Crippen LogP contribution is 2.22. The van der Waals surface area contributed by atoms with Crippen LogP contribution in [0.2, 0.25) is 10.0 Å².